The Bertz CT molecular complexity index is 243. The van der Waals surface area contributed by atoms with Crippen molar-refractivity contribution in [1.82, 2.24) is 0 Å². The van der Waals surface area contributed by atoms with E-state index in [1.807, 2.05) is 0 Å². The summed E-state index contributed by atoms with van der Waals surface area (Å²) in [7, 11) is 0. The van der Waals surface area contributed by atoms with Gasteiger partial charge < -0.3 is 0 Å². The van der Waals surface area contributed by atoms with E-state index in [4.69, 9.17) is 0 Å². The summed E-state index contributed by atoms with van der Waals surface area (Å²) in [4.78, 5) is 0. The average Bonchev–Trinajstić information content (AvgIpc) is 2.19. The molecule has 0 atom stereocenters. The van der Waals surface area contributed by atoms with E-state index in [0.29, 0.717) is 0 Å². The van der Waals surface area contributed by atoms with Gasteiger partial charge in [0.25, 0.3) is 0 Å². The number of aromatic nitrogens is 1. The molecule has 1 heteroatoms. The highest BCUT2D eigenvalue weighted by Crippen LogP contribution is 2.03. The maximum atomic E-state index is 2.26. The lowest BCUT2D eigenvalue weighted by atomic mass is 10.1. The Kier molecular flexibility index (Phi) is 4.52. The minimum atomic E-state index is 1.07. The third kappa shape index (κ3) is 3.58. The van der Waals surface area contributed by atoms with Gasteiger partial charge in [-0.3, -0.25) is 0 Å². The molecule has 0 bridgehead atoms. The molecule has 0 fully saturated rings. The summed E-state index contributed by atoms with van der Waals surface area (Å²) >= 11 is 0. The summed E-state index contributed by atoms with van der Waals surface area (Å²) in [6.45, 7) is 5.49. The van der Waals surface area contributed by atoms with Crippen LogP contribution in [0.25, 0.3) is 0 Å². The van der Waals surface area contributed by atoms with E-state index < -0.39 is 0 Å². The fraction of sp³-hybridized carbons (Fsp3) is 0.583. The fourth-order valence-electron chi connectivity index (χ4n) is 1.50. The van der Waals surface area contributed by atoms with Crippen molar-refractivity contribution in [2.75, 3.05) is 0 Å². The first-order chi connectivity index (χ1) is 6.36. The van der Waals surface area contributed by atoms with Crippen molar-refractivity contribution < 1.29 is 4.57 Å². The molecule has 1 rings (SSSR count). The lowest BCUT2D eigenvalue weighted by molar-refractivity contribution is -0.694. The highest BCUT2D eigenvalue weighted by Gasteiger charge is 1.99. The van der Waals surface area contributed by atoms with Gasteiger partial charge in [0, 0.05) is 11.6 Å². The van der Waals surface area contributed by atoms with E-state index in [2.05, 4.69) is 42.9 Å². The SMILES string of the molecule is CCCCCc1ccc[n+](CC)c1. The van der Waals surface area contributed by atoms with Crippen molar-refractivity contribution in [1.29, 1.82) is 0 Å². The van der Waals surface area contributed by atoms with Crippen molar-refractivity contribution in [3.63, 3.8) is 0 Å². The number of hydrogen-bond donors (Lipinski definition) is 0. The highest BCUT2D eigenvalue weighted by atomic mass is 14.9. The molecule has 0 aliphatic carbocycles. The Morgan fingerprint density at radius 3 is 2.77 bits per heavy atom. The quantitative estimate of drug-likeness (QED) is 0.482. The number of rotatable bonds is 5. The van der Waals surface area contributed by atoms with E-state index in [0.717, 1.165) is 6.54 Å². The van der Waals surface area contributed by atoms with Crippen LogP contribution in [0.1, 0.15) is 38.7 Å². The molecular formula is C12H20N+. The Morgan fingerprint density at radius 1 is 1.23 bits per heavy atom. The Hall–Kier alpha value is -0.850. The zero-order valence-electron chi connectivity index (χ0n) is 8.79. The van der Waals surface area contributed by atoms with Crippen LogP contribution in [0.3, 0.4) is 0 Å². The van der Waals surface area contributed by atoms with Gasteiger partial charge in [-0.15, -0.1) is 0 Å². The van der Waals surface area contributed by atoms with Crippen molar-refractivity contribution >= 4 is 0 Å². The van der Waals surface area contributed by atoms with Crippen LogP contribution in [0, 0.1) is 0 Å². The van der Waals surface area contributed by atoms with Crippen molar-refractivity contribution in [3.05, 3.63) is 30.1 Å². The van der Waals surface area contributed by atoms with Gasteiger partial charge >= 0.3 is 0 Å². The molecule has 0 unspecified atom stereocenters. The first-order valence-corrected chi connectivity index (χ1v) is 5.34. The van der Waals surface area contributed by atoms with Crippen LogP contribution in [0.2, 0.25) is 0 Å². The predicted molar refractivity (Wildman–Crippen MR) is 55.5 cm³/mol. The van der Waals surface area contributed by atoms with Gasteiger partial charge in [-0.1, -0.05) is 19.8 Å². The molecule has 1 aromatic heterocycles. The molecule has 13 heavy (non-hydrogen) atoms. The number of unbranched alkanes of at least 4 members (excludes halogenated alkanes) is 2. The molecule has 0 aliphatic rings. The summed E-state index contributed by atoms with van der Waals surface area (Å²) in [5, 5.41) is 0. The van der Waals surface area contributed by atoms with E-state index in [1.54, 1.807) is 0 Å². The smallest absolute Gasteiger partial charge is 0.171 e. The monoisotopic (exact) mass is 178 g/mol. The van der Waals surface area contributed by atoms with Gasteiger partial charge in [0.1, 0.15) is 6.54 Å². The van der Waals surface area contributed by atoms with Crippen molar-refractivity contribution in [3.8, 4) is 0 Å². The zero-order chi connectivity index (χ0) is 9.52. The van der Waals surface area contributed by atoms with Gasteiger partial charge in [0.05, 0.1) is 0 Å². The summed E-state index contributed by atoms with van der Waals surface area (Å²) in [5.41, 5.74) is 1.47. The molecule has 72 valence electrons. The van der Waals surface area contributed by atoms with E-state index in [1.165, 1.54) is 31.2 Å². The first kappa shape index (κ1) is 10.2. The first-order valence-electron chi connectivity index (χ1n) is 5.34. The second-order valence-electron chi connectivity index (χ2n) is 3.50. The van der Waals surface area contributed by atoms with E-state index >= 15 is 0 Å². The molecular weight excluding hydrogens is 158 g/mol. The normalized spacial score (nSPS) is 10.3. The lowest BCUT2D eigenvalue weighted by Crippen LogP contribution is -2.31. The second kappa shape index (κ2) is 5.74. The maximum Gasteiger partial charge on any atom is 0.171 e. The van der Waals surface area contributed by atoms with E-state index in [-0.39, 0.29) is 0 Å². The van der Waals surface area contributed by atoms with Gasteiger partial charge in [0.2, 0.25) is 0 Å². The number of nitrogens with zero attached hydrogens (tertiary/aromatic N) is 1. The Labute approximate surface area is 81.4 Å². The molecule has 0 N–H and O–H groups in total. The highest BCUT2D eigenvalue weighted by molar-refractivity contribution is 5.05. The molecule has 0 saturated heterocycles. The van der Waals surface area contributed by atoms with Crippen molar-refractivity contribution in [2.45, 2.75) is 46.1 Å². The third-order valence-electron chi connectivity index (χ3n) is 2.35. The molecule has 0 saturated carbocycles. The Balaban J connectivity index is 2.46. The van der Waals surface area contributed by atoms with Crippen LogP contribution in [-0.4, -0.2) is 0 Å². The second-order valence-corrected chi connectivity index (χ2v) is 3.50. The van der Waals surface area contributed by atoms with Gasteiger partial charge in [-0.25, -0.2) is 4.57 Å². The number of pyridine rings is 1. The topological polar surface area (TPSA) is 3.88 Å². The standard InChI is InChI=1S/C12H20N/c1-3-5-6-8-12-9-7-10-13(4-2)11-12/h7,9-11H,3-6,8H2,1-2H3/q+1. The lowest BCUT2D eigenvalue weighted by Gasteiger charge is -1.98. The van der Waals surface area contributed by atoms with Crippen LogP contribution in [-0.2, 0) is 13.0 Å². The van der Waals surface area contributed by atoms with Gasteiger partial charge in [-0.2, -0.15) is 0 Å². The summed E-state index contributed by atoms with van der Waals surface area (Å²) in [5.74, 6) is 0. The van der Waals surface area contributed by atoms with Gasteiger partial charge in [-0.05, 0) is 25.8 Å². The van der Waals surface area contributed by atoms with Gasteiger partial charge in [0.15, 0.2) is 12.4 Å². The molecule has 1 heterocycles. The molecule has 1 nitrogen and oxygen atoms in total. The summed E-state index contributed by atoms with van der Waals surface area (Å²) in [6.07, 6.45) is 9.60. The van der Waals surface area contributed by atoms with Crippen LogP contribution in [0.5, 0.6) is 0 Å². The van der Waals surface area contributed by atoms with Crippen molar-refractivity contribution in [2.24, 2.45) is 0 Å². The van der Waals surface area contributed by atoms with Crippen LogP contribution < -0.4 is 4.57 Å². The largest absolute Gasteiger partial charge is 0.205 e. The minimum Gasteiger partial charge on any atom is -0.205 e. The molecule has 0 spiro atoms. The third-order valence-corrected chi connectivity index (χ3v) is 2.35. The molecule has 0 aromatic carbocycles. The predicted octanol–water partition coefficient (Wildman–Crippen LogP) is 2.73. The molecule has 0 radical (unpaired) electrons. The van der Waals surface area contributed by atoms with Crippen LogP contribution in [0.15, 0.2) is 24.5 Å². The van der Waals surface area contributed by atoms with Crippen LogP contribution >= 0.6 is 0 Å². The minimum absolute atomic E-state index is 1.07. The van der Waals surface area contributed by atoms with E-state index in [9.17, 15) is 0 Å². The number of aryl methyl sites for hydroxylation is 2. The Morgan fingerprint density at radius 2 is 2.08 bits per heavy atom. The fourth-order valence-corrected chi connectivity index (χ4v) is 1.50. The van der Waals surface area contributed by atoms with Crippen LogP contribution in [0.4, 0.5) is 0 Å². The average molecular weight is 178 g/mol. The number of hydrogen-bond acceptors (Lipinski definition) is 0. The summed E-state index contributed by atoms with van der Waals surface area (Å²) < 4.78 is 2.24. The summed E-state index contributed by atoms with van der Waals surface area (Å²) in [6, 6.07) is 4.37. The molecule has 0 aliphatic heterocycles. The molecule has 0 amide bonds. The zero-order valence-corrected chi connectivity index (χ0v) is 8.79. The molecule has 1 aromatic rings. The maximum absolute atomic E-state index is 2.26.